The molecule has 0 aliphatic rings. The molecule has 0 aromatic heterocycles. The molecule has 7 heteroatoms. The minimum Gasteiger partial charge on any atom is -0.494 e. The second-order valence-corrected chi connectivity index (χ2v) is 5.78. The summed E-state index contributed by atoms with van der Waals surface area (Å²) in [5.41, 5.74) is 2.03. The Hall–Kier alpha value is -1.60. The molecule has 0 aliphatic heterocycles. The Kier molecular flexibility index (Phi) is 5.11. The number of carbonyl (C=O) groups is 1. The minimum absolute atomic E-state index is 0.244. The van der Waals surface area contributed by atoms with Crippen molar-refractivity contribution in [1.82, 2.24) is 5.43 Å². The molecule has 0 spiro atoms. The lowest BCUT2D eigenvalue weighted by molar-refractivity contribution is -0.121. The molecular formula is C11H16N2O4S. The van der Waals surface area contributed by atoms with Crippen molar-refractivity contribution in [3.63, 3.8) is 0 Å². The first-order valence-electron chi connectivity index (χ1n) is 5.36. The quantitative estimate of drug-likeness (QED) is 0.334. The Morgan fingerprint density at radius 1 is 1.33 bits per heavy atom. The van der Waals surface area contributed by atoms with Gasteiger partial charge in [0.05, 0.1) is 11.5 Å². The molecule has 0 unspecified atom stereocenters. The maximum absolute atomic E-state index is 11.2. The van der Waals surface area contributed by atoms with Gasteiger partial charge in [-0.05, 0) is 30.7 Å². The predicted molar refractivity (Wildman–Crippen MR) is 66.6 cm³/mol. The number of ether oxygens (including phenoxy) is 1. The van der Waals surface area contributed by atoms with Crippen LogP contribution in [0.15, 0.2) is 29.2 Å². The maximum atomic E-state index is 11.2. The third-order valence-corrected chi connectivity index (χ3v) is 3.36. The van der Waals surface area contributed by atoms with Gasteiger partial charge in [0.1, 0.15) is 5.75 Å². The molecule has 0 aliphatic carbocycles. The monoisotopic (exact) mass is 272 g/mol. The number of hydrogen-bond acceptors (Lipinski definition) is 5. The van der Waals surface area contributed by atoms with E-state index in [9.17, 15) is 13.2 Å². The highest BCUT2D eigenvalue weighted by atomic mass is 32.2. The molecule has 0 bridgehead atoms. The topological polar surface area (TPSA) is 98.5 Å². The van der Waals surface area contributed by atoms with Crippen molar-refractivity contribution >= 4 is 15.7 Å². The molecule has 6 nitrogen and oxygen atoms in total. The SMILES string of the molecule is CS(=O)(=O)c1ccc(OCCCC(=O)NN)cc1. The van der Waals surface area contributed by atoms with Gasteiger partial charge in [-0.15, -0.1) is 0 Å². The lowest BCUT2D eigenvalue weighted by atomic mass is 10.3. The first-order chi connectivity index (χ1) is 8.43. The number of nitrogens with two attached hydrogens (primary N) is 1. The first-order valence-corrected chi connectivity index (χ1v) is 7.25. The zero-order valence-electron chi connectivity index (χ0n) is 10.0. The highest BCUT2D eigenvalue weighted by Crippen LogP contribution is 2.15. The van der Waals surface area contributed by atoms with Crippen LogP contribution in [0.5, 0.6) is 5.75 Å². The van der Waals surface area contributed by atoms with E-state index >= 15 is 0 Å². The molecule has 0 atom stereocenters. The van der Waals surface area contributed by atoms with E-state index in [0.29, 0.717) is 18.8 Å². The van der Waals surface area contributed by atoms with Gasteiger partial charge < -0.3 is 4.74 Å². The van der Waals surface area contributed by atoms with Crippen LogP contribution >= 0.6 is 0 Å². The van der Waals surface area contributed by atoms with Crippen molar-refractivity contribution in [2.45, 2.75) is 17.7 Å². The van der Waals surface area contributed by atoms with Crippen molar-refractivity contribution in [3.8, 4) is 5.75 Å². The molecular weight excluding hydrogens is 256 g/mol. The van der Waals surface area contributed by atoms with Gasteiger partial charge in [-0.25, -0.2) is 14.3 Å². The van der Waals surface area contributed by atoms with E-state index in [4.69, 9.17) is 10.6 Å². The average Bonchev–Trinajstić information content (AvgIpc) is 2.33. The van der Waals surface area contributed by atoms with E-state index in [1.54, 1.807) is 12.1 Å². The zero-order chi connectivity index (χ0) is 13.6. The summed E-state index contributed by atoms with van der Waals surface area (Å²) in [6, 6.07) is 6.13. The smallest absolute Gasteiger partial charge is 0.234 e. The van der Waals surface area contributed by atoms with E-state index < -0.39 is 9.84 Å². The maximum Gasteiger partial charge on any atom is 0.234 e. The Labute approximate surface area is 106 Å². The highest BCUT2D eigenvalue weighted by molar-refractivity contribution is 7.90. The lowest BCUT2D eigenvalue weighted by Gasteiger charge is -2.06. The summed E-state index contributed by atoms with van der Waals surface area (Å²) < 4.78 is 27.8. The van der Waals surface area contributed by atoms with Gasteiger partial charge in [0, 0.05) is 12.7 Å². The number of nitrogens with one attached hydrogen (secondary N) is 1. The number of rotatable bonds is 6. The van der Waals surface area contributed by atoms with Gasteiger partial charge in [0.2, 0.25) is 5.91 Å². The second-order valence-electron chi connectivity index (χ2n) is 3.76. The lowest BCUT2D eigenvalue weighted by Crippen LogP contribution is -2.29. The summed E-state index contributed by atoms with van der Waals surface area (Å²) in [6.45, 7) is 0.367. The molecule has 0 radical (unpaired) electrons. The standard InChI is InChI=1S/C11H16N2O4S/c1-18(15,16)10-6-4-9(5-7-10)17-8-2-3-11(14)13-12/h4-7H,2-3,8,12H2,1H3,(H,13,14). The van der Waals surface area contributed by atoms with Gasteiger partial charge in [0.15, 0.2) is 9.84 Å². The Balaban J connectivity index is 2.43. The Morgan fingerprint density at radius 3 is 2.44 bits per heavy atom. The zero-order valence-corrected chi connectivity index (χ0v) is 10.9. The second kappa shape index (κ2) is 6.36. The van der Waals surface area contributed by atoms with Crippen LogP contribution in [0.3, 0.4) is 0 Å². The third-order valence-electron chi connectivity index (χ3n) is 2.23. The molecule has 0 heterocycles. The molecule has 0 saturated heterocycles. The number of sulfone groups is 1. The summed E-state index contributed by atoms with van der Waals surface area (Å²) in [5, 5.41) is 0. The van der Waals surface area contributed by atoms with Crippen LogP contribution in [0.25, 0.3) is 0 Å². The van der Waals surface area contributed by atoms with E-state index in [2.05, 4.69) is 0 Å². The number of benzene rings is 1. The van der Waals surface area contributed by atoms with Crippen LogP contribution in [0, 0.1) is 0 Å². The van der Waals surface area contributed by atoms with Crippen LogP contribution in [0.4, 0.5) is 0 Å². The number of hydrazine groups is 1. The van der Waals surface area contributed by atoms with Crippen LogP contribution in [-0.4, -0.2) is 27.2 Å². The molecule has 18 heavy (non-hydrogen) atoms. The molecule has 0 fully saturated rings. The van der Waals surface area contributed by atoms with Gasteiger partial charge in [-0.1, -0.05) is 0 Å². The van der Waals surface area contributed by atoms with Gasteiger partial charge >= 0.3 is 0 Å². The van der Waals surface area contributed by atoms with Crippen molar-refractivity contribution in [3.05, 3.63) is 24.3 Å². The van der Waals surface area contributed by atoms with E-state index in [1.165, 1.54) is 12.1 Å². The summed E-state index contributed by atoms with van der Waals surface area (Å²) in [5.74, 6) is 5.25. The number of hydrogen-bond donors (Lipinski definition) is 2. The molecule has 1 aromatic carbocycles. The van der Waals surface area contributed by atoms with Gasteiger partial charge in [0.25, 0.3) is 0 Å². The fourth-order valence-electron chi connectivity index (χ4n) is 1.28. The summed E-state index contributed by atoms with van der Waals surface area (Å²) in [7, 11) is -3.18. The molecule has 3 N–H and O–H groups in total. The van der Waals surface area contributed by atoms with E-state index in [-0.39, 0.29) is 17.2 Å². The third kappa shape index (κ3) is 4.72. The normalized spacial score (nSPS) is 11.0. The van der Waals surface area contributed by atoms with Crippen molar-refractivity contribution in [2.24, 2.45) is 5.84 Å². The van der Waals surface area contributed by atoms with Gasteiger partial charge in [-0.3, -0.25) is 10.2 Å². The number of amides is 1. The van der Waals surface area contributed by atoms with Crippen LogP contribution in [-0.2, 0) is 14.6 Å². The highest BCUT2D eigenvalue weighted by Gasteiger charge is 2.06. The molecule has 1 rings (SSSR count). The van der Waals surface area contributed by atoms with Crippen molar-refractivity contribution in [2.75, 3.05) is 12.9 Å². The summed E-state index contributed by atoms with van der Waals surface area (Å²) in [4.78, 5) is 11.1. The first kappa shape index (κ1) is 14.5. The predicted octanol–water partition coefficient (Wildman–Crippen LogP) is 0.239. The van der Waals surface area contributed by atoms with E-state index in [1.807, 2.05) is 5.43 Å². The molecule has 1 amide bonds. The Bertz CT molecular complexity index is 496. The summed E-state index contributed by atoms with van der Waals surface area (Å²) >= 11 is 0. The Morgan fingerprint density at radius 2 is 1.94 bits per heavy atom. The number of carbonyl (C=O) groups excluding carboxylic acids is 1. The van der Waals surface area contributed by atoms with Gasteiger partial charge in [-0.2, -0.15) is 0 Å². The van der Waals surface area contributed by atoms with Crippen LogP contribution in [0.1, 0.15) is 12.8 Å². The summed E-state index contributed by atoms with van der Waals surface area (Å²) in [6.07, 6.45) is 1.98. The molecule has 0 saturated carbocycles. The largest absolute Gasteiger partial charge is 0.494 e. The van der Waals surface area contributed by atoms with Crippen LogP contribution < -0.4 is 16.0 Å². The van der Waals surface area contributed by atoms with E-state index in [0.717, 1.165) is 6.26 Å². The molecule has 100 valence electrons. The molecule has 1 aromatic rings. The average molecular weight is 272 g/mol. The minimum atomic E-state index is -3.18. The van der Waals surface area contributed by atoms with Crippen molar-refractivity contribution < 1.29 is 17.9 Å². The fourth-order valence-corrected chi connectivity index (χ4v) is 1.91. The van der Waals surface area contributed by atoms with Crippen LogP contribution in [0.2, 0.25) is 0 Å². The van der Waals surface area contributed by atoms with Crippen molar-refractivity contribution in [1.29, 1.82) is 0 Å². The fraction of sp³-hybridized carbons (Fsp3) is 0.364.